The highest BCUT2D eigenvalue weighted by atomic mass is 35.5. The molecule has 0 amide bonds. The van der Waals surface area contributed by atoms with Gasteiger partial charge in [0.25, 0.3) is 0 Å². The van der Waals surface area contributed by atoms with Gasteiger partial charge in [0.2, 0.25) is 0 Å². The summed E-state index contributed by atoms with van der Waals surface area (Å²) in [5.74, 6) is -1.01. The van der Waals surface area contributed by atoms with E-state index in [2.05, 4.69) is 0 Å². The van der Waals surface area contributed by atoms with Crippen molar-refractivity contribution in [1.82, 2.24) is 4.57 Å². The molecule has 1 aromatic carbocycles. The van der Waals surface area contributed by atoms with Gasteiger partial charge in [-0.3, -0.25) is 4.79 Å². The summed E-state index contributed by atoms with van der Waals surface area (Å²) in [7, 11) is 0. The van der Waals surface area contributed by atoms with Crippen molar-refractivity contribution in [2.75, 3.05) is 0 Å². The maximum Gasteiger partial charge on any atom is 0.322 e. The van der Waals surface area contributed by atoms with Crippen LogP contribution < -0.4 is 5.73 Å². The van der Waals surface area contributed by atoms with E-state index in [9.17, 15) is 4.79 Å². The number of hydrogen-bond donors (Lipinski definition) is 2. The zero-order valence-electron chi connectivity index (χ0n) is 8.43. The van der Waals surface area contributed by atoms with Gasteiger partial charge in [-0.2, -0.15) is 0 Å². The SMILES string of the molecule is N[C@@H](Cn1ccc2ccc(Cl)cc21)C(=O)O. The van der Waals surface area contributed by atoms with Gasteiger partial charge in [-0.25, -0.2) is 0 Å². The van der Waals surface area contributed by atoms with E-state index in [1.54, 1.807) is 16.7 Å². The van der Waals surface area contributed by atoms with Crippen LogP contribution in [-0.2, 0) is 11.3 Å². The third-order valence-electron chi connectivity index (χ3n) is 2.45. The summed E-state index contributed by atoms with van der Waals surface area (Å²) < 4.78 is 1.79. The van der Waals surface area contributed by atoms with Gasteiger partial charge in [0.15, 0.2) is 0 Å². The fraction of sp³-hybridized carbons (Fsp3) is 0.182. The number of carboxylic acids is 1. The third kappa shape index (κ3) is 2.03. The van der Waals surface area contributed by atoms with Crippen molar-refractivity contribution in [3.05, 3.63) is 35.5 Å². The zero-order valence-corrected chi connectivity index (χ0v) is 9.19. The predicted octanol–water partition coefficient (Wildman–Crippen LogP) is 1.71. The Labute approximate surface area is 97.2 Å². The summed E-state index contributed by atoms with van der Waals surface area (Å²) in [6.07, 6.45) is 1.81. The lowest BCUT2D eigenvalue weighted by Crippen LogP contribution is -2.34. The van der Waals surface area contributed by atoms with Crippen LogP contribution >= 0.6 is 11.6 Å². The average molecular weight is 239 g/mol. The molecule has 0 fully saturated rings. The highest BCUT2D eigenvalue weighted by Crippen LogP contribution is 2.20. The van der Waals surface area contributed by atoms with Crippen LogP contribution in [0.25, 0.3) is 10.9 Å². The molecule has 0 aliphatic rings. The first-order chi connectivity index (χ1) is 7.58. The van der Waals surface area contributed by atoms with Crippen LogP contribution in [-0.4, -0.2) is 21.7 Å². The first-order valence-electron chi connectivity index (χ1n) is 4.81. The number of fused-ring (bicyclic) bond motifs is 1. The van der Waals surface area contributed by atoms with Crippen molar-refractivity contribution in [2.45, 2.75) is 12.6 Å². The molecule has 2 aromatic rings. The molecule has 16 heavy (non-hydrogen) atoms. The molecule has 0 aliphatic carbocycles. The van der Waals surface area contributed by atoms with Gasteiger partial charge in [-0.05, 0) is 23.6 Å². The molecular weight excluding hydrogens is 228 g/mol. The van der Waals surface area contributed by atoms with E-state index < -0.39 is 12.0 Å². The Bertz CT molecular complexity index is 536. The summed E-state index contributed by atoms with van der Waals surface area (Å²) in [6, 6.07) is 6.48. The van der Waals surface area contributed by atoms with Crippen LogP contribution in [0.2, 0.25) is 5.02 Å². The maximum atomic E-state index is 10.7. The van der Waals surface area contributed by atoms with Gasteiger partial charge in [0.1, 0.15) is 6.04 Å². The van der Waals surface area contributed by atoms with Gasteiger partial charge in [-0.15, -0.1) is 0 Å². The number of rotatable bonds is 3. The summed E-state index contributed by atoms with van der Waals surface area (Å²) in [5.41, 5.74) is 6.38. The van der Waals surface area contributed by atoms with Crippen molar-refractivity contribution < 1.29 is 9.90 Å². The van der Waals surface area contributed by atoms with Crippen molar-refractivity contribution in [3.8, 4) is 0 Å². The average Bonchev–Trinajstić information content (AvgIpc) is 2.61. The van der Waals surface area contributed by atoms with Crippen molar-refractivity contribution in [3.63, 3.8) is 0 Å². The Hall–Kier alpha value is -1.52. The third-order valence-corrected chi connectivity index (χ3v) is 2.68. The van der Waals surface area contributed by atoms with Crippen LogP contribution in [0.1, 0.15) is 0 Å². The lowest BCUT2D eigenvalue weighted by Gasteiger charge is -2.09. The monoisotopic (exact) mass is 238 g/mol. The minimum Gasteiger partial charge on any atom is -0.480 e. The Morgan fingerprint density at radius 3 is 2.94 bits per heavy atom. The molecule has 0 saturated carbocycles. The standard InChI is InChI=1S/C11H11ClN2O2/c12-8-2-1-7-3-4-14(10(7)5-8)6-9(13)11(15)16/h1-5,9H,6,13H2,(H,15,16)/t9-/m0/s1. The highest BCUT2D eigenvalue weighted by Gasteiger charge is 2.13. The predicted molar refractivity (Wildman–Crippen MR) is 62.6 cm³/mol. The van der Waals surface area contributed by atoms with Gasteiger partial charge in [0.05, 0.1) is 0 Å². The minimum atomic E-state index is -1.01. The Balaban J connectivity index is 2.37. The van der Waals surface area contributed by atoms with E-state index in [1.807, 2.05) is 18.3 Å². The number of benzene rings is 1. The lowest BCUT2D eigenvalue weighted by atomic mass is 10.2. The number of halogens is 1. The number of carbonyl (C=O) groups is 1. The molecule has 1 heterocycles. The second-order valence-corrected chi connectivity index (χ2v) is 4.05. The van der Waals surface area contributed by atoms with E-state index >= 15 is 0 Å². The van der Waals surface area contributed by atoms with Crippen LogP contribution in [0.4, 0.5) is 0 Å². The first kappa shape index (κ1) is 11.0. The van der Waals surface area contributed by atoms with E-state index in [0.717, 1.165) is 10.9 Å². The molecule has 0 aliphatic heterocycles. The largest absolute Gasteiger partial charge is 0.480 e. The fourth-order valence-electron chi connectivity index (χ4n) is 1.61. The van der Waals surface area contributed by atoms with E-state index in [4.69, 9.17) is 22.4 Å². The summed E-state index contributed by atoms with van der Waals surface area (Å²) >= 11 is 5.89. The molecule has 0 saturated heterocycles. The minimum absolute atomic E-state index is 0.235. The number of nitrogens with two attached hydrogens (primary N) is 1. The van der Waals surface area contributed by atoms with Crippen LogP contribution in [0.5, 0.6) is 0 Å². The Morgan fingerprint density at radius 1 is 1.50 bits per heavy atom. The molecule has 3 N–H and O–H groups in total. The van der Waals surface area contributed by atoms with Crippen molar-refractivity contribution in [2.24, 2.45) is 5.73 Å². The molecule has 4 nitrogen and oxygen atoms in total. The molecule has 0 bridgehead atoms. The smallest absolute Gasteiger partial charge is 0.322 e. The van der Waals surface area contributed by atoms with E-state index in [1.165, 1.54) is 0 Å². The molecule has 0 spiro atoms. The zero-order chi connectivity index (χ0) is 11.7. The fourth-order valence-corrected chi connectivity index (χ4v) is 1.77. The quantitative estimate of drug-likeness (QED) is 0.855. The van der Waals surface area contributed by atoms with Gasteiger partial charge >= 0.3 is 5.97 Å². The number of nitrogens with zero attached hydrogens (tertiary/aromatic N) is 1. The molecule has 5 heteroatoms. The van der Waals surface area contributed by atoms with Gasteiger partial charge in [0, 0.05) is 23.3 Å². The molecule has 0 radical (unpaired) electrons. The second kappa shape index (κ2) is 4.15. The molecule has 0 unspecified atom stereocenters. The Kier molecular flexibility index (Phi) is 2.85. The molecule has 1 aromatic heterocycles. The molecule has 2 rings (SSSR count). The van der Waals surface area contributed by atoms with Crippen LogP contribution in [0.3, 0.4) is 0 Å². The van der Waals surface area contributed by atoms with Crippen LogP contribution in [0, 0.1) is 0 Å². The highest BCUT2D eigenvalue weighted by molar-refractivity contribution is 6.31. The summed E-state index contributed by atoms with van der Waals surface area (Å²) in [6.45, 7) is 0.235. The maximum absolute atomic E-state index is 10.7. The number of aliphatic carboxylic acids is 1. The van der Waals surface area contributed by atoms with E-state index in [0.29, 0.717) is 5.02 Å². The second-order valence-electron chi connectivity index (χ2n) is 3.62. The molecular formula is C11H11ClN2O2. The first-order valence-corrected chi connectivity index (χ1v) is 5.18. The normalized spacial score (nSPS) is 12.9. The van der Waals surface area contributed by atoms with Crippen molar-refractivity contribution in [1.29, 1.82) is 0 Å². The van der Waals surface area contributed by atoms with Gasteiger partial charge in [-0.1, -0.05) is 17.7 Å². The number of hydrogen-bond acceptors (Lipinski definition) is 2. The molecule has 1 atom stereocenters. The van der Waals surface area contributed by atoms with Crippen LogP contribution in [0.15, 0.2) is 30.5 Å². The lowest BCUT2D eigenvalue weighted by molar-refractivity contribution is -0.138. The number of aromatic nitrogens is 1. The Morgan fingerprint density at radius 2 is 2.25 bits per heavy atom. The van der Waals surface area contributed by atoms with Crippen molar-refractivity contribution >= 4 is 28.5 Å². The molecule has 84 valence electrons. The number of carboxylic acid groups (broad SMARTS) is 1. The summed E-state index contributed by atoms with van der Waals surface area (Å²) in [5, 5.41) is 10.4. The topological polar surface area (TPSA) is 68.2 Å². The van der Waals surface area contributed by atoms with Gasteiger partial charge < -0.3 is 15.4 Å². The summed E-state index contributed by atoms with van der Waals surface area (Å²) in [4.78, 5) is 10.7. The van der Waals surface area contributed by atoms with E-state index in [-0.39, 0.29) is 6.54 Å².